The average molecular weight is 269 g/mol. The molecule has 0 bridgehead atoms. The highest BCUT2D eigenvalue weighted by molar-refractivity contribution is 5.41. The van der Waals surface area contributed by atoms with Crippen LogP contribution in [0.1, 0.15) is 35.2 Å². The highest BCUT2D eigenvalue weighted by Gasteiger charge is 2.15. The molecule has 1 atom stereocenters. The maximum Gasteiger partial charge on any atom is 0.119 e. The van der Waals surface area contributed by atoms with Crippen LogP contribution in [-0.4, -0.2) is 13.7 Å². The van der Waals surface area contributed by atoms with Crippen molar-refractivity contribution in [3.8, 4) is 5.75 Å². The van der Waals surface area contributed by atoms with Crippen LogP contribution < -0.4 is 10.1 Å². The summed E-state index contributed by atoms with van der Waals surface area (Å²) < 4.78 is 5.34. The number of hydrogen-bond acceptors (Lipinski definition) is 2. The SMILES string of the molecule is CCNC(c1cccc(OC)c1)c1ccc(C)cc1C. The molecule has 0 amide bonds. The number of methoxy groups -OCH3 is 1. The van der Waals surface area contributed by atoms with Gasteiger partial charge in [0.1, 0.15) is 5.75 Å². The number of hydrogen-bond donors (Lipinski definition) is 1. The zero-order valence-electron chi connectivity index (χ0n) is 12.7. The highest BCUT2D eigenvalue weighted by atomic mass is 16.5. The molecule has 0 radical (unpaired) electrons. The van der Waals surface area contributed by atoms with Gasteiger partial charge in [-0.3, -0.25) is 0 Å². The van der Waals surface area contributed by atoms with Crippen molar-refractivity contribution in [2.24, 2.45) is 0 Å². The van der Waals surface area contributed by atoms with Crippen LogP contribution in [0.5, 0.6) is 5.75 Å². The molecule has 0 aliphatic rings. The Morgan fingerprint density at radius 1 is 1.10 bits per heavy atom. The summed E-state index contributed by atoms with van der Waals surface area (Å²) in [5, 5.41) is 3.57. The van der Waals surface area contributed by atoms with Gasteiger partial charge in [-0.1, -0.05) is 42.8 Å². The summed E-state index contributed by atoms with van der Waals surface area (Å²) in [6.07, 6.45) is 0. The lowest BCUT2D eigenvalue weighted by atomic mass is 9.93. The Morgan fingerprint density at radius 3 is 2.55 bits per heavy atom. The van der Waals surface area contributed by atoms with Gasteiger partial charge < -0.3 is 10.1 Å². The number of ether oxygens (including phenoxy) is 1. The van der Waals surface area contributed by atoms with Gasteiger partial charge in [0, 0.05) is 0 Å². The minimum atomic E-state index is 0.204. The zero-order chi connectivity index (χ0) is 14.5. The molecule has 0 saturated heterocycles. The molecular weight excluding hydrogens is 246 g/mol. The van der Waals surface area contributed by atoms with Crippen molar-refractivity contribution in [3.05, 3.63) is 64.7 Å². The Morgan fingerprint density at radius 2 is 1.90 bits per heavy atom. The second-order valence-corrected chi connectivity index (χ2v) is 5.13. The van der Waals surface area contributed by atoms with Gasteiger partial charge in [0.05, 0.1) is 13.2 Å². The van der Waals surface area contributed by atoms with Gasteiger partial charge in [-0.15, -0.1) is 0 Å². The number of aryl methyl sites for hydroxylation is 2. The zero-order valence-corrected chi connectivity index (χ0v) is 12.7. The quantitative estimate of drug-likeness (QED) is 0.885. The van der Waals surface area contributed by atoms with E-state index in [0.29, 0.717) is 0 Å². The number of nitrogens with one attached hydrogen (secondary N) is 1. The Bertz CT molecular complexity index is 577. The topological polar surface area (TPSA) is 21.3 Å². The maximum atomic E-state index is 5.34. The molecule has 0 aromatic heterocycles. The number of benzene rings is 2. The summed E-state index contributed by atoms with van der Waals surface area (Å²) in [4.78, 5) is 0. The second-order valence-electron chi connectivity index (χ2n) is 5.13. The second kappa shape index (κ2) is 6.58. The fourth-order valence-electron chi connectivity index (χ4n) is 2.58. The maximum absolute atomic E-state index is 5.34. The predicted octanol–water partition coefficient (Wildman–Crippen LogP) is 4.01. The molecule has 106 valence electrons. The normalized spacial score (nSPS) is 12.2. The molecule has 0 saturated carbocycles. The summed E-state index contributed by atoms with van der Waals surface area (Å²) in [6.45, 7) is 7.36. The molecule has 0 spiro atoms. The summed E-state index contributed by atoms with van der Waals surface area (Å²) in [5.74, 6) is 0.898. The Hall–Kier alpha value is -1.80. The molecule has 2 aromatic carbocycles. The largest absolute Gasteiger partial charge is 0.497 e. The lowest BCUT2D eigenvalue weighted by molar-refractivity contribution is 0.413. The first-order valence-electron chi connectivity index (χ1n) is 7.10. The van der Waals surface area contributed by atoms with E-state index >= 15 is 0 Å². The van der Waals surface area contributed by atoms with Gasteiger partial charge in [0.2, 0.25) is 0 Å². The minimum Gasteiger partial charge on any atom is -0.497 e. The summed E-state index contributed by atoms with van der Waals surface area (Å²) >= 11 is 0. The Kier molecular flexibility index (Phi) is 4.80. The van der Waals surface area contributed by atoms with E-state index < -0.39 is 0 Å². The first-order valence-corrected chi connectivity index (χ1v) is 7.10. The van der Waals surface area contributed by atoms with Crippen LogP contribution in [0.25, 0.3) is 0 Å². The Labute approximate surface area is 121 Å². The van der Waals surface area contributed by atoms with Crippen LogP contribution in [0.3, 0.4) is 0 Å². The summed E-state index contributed by atoms with van der Waals surface area (Å²) in [6, 6.07) is 15.1. The third-order valence-corrected chi connectivity index (χ3v) is 3.57. The standard InChI is InChI=1S/C18H23NO/c1-5-19-18(15-7-6-8-16(12-15)20-4)17-10-9-13(2)11-14(17)3/h6-12,18-19H,5H2,1-4H3. The van der Waals surface area contributed by atoms with E-state index in [0.717, 1.165) is 12.3 Å². The molecule has 0 aliphatic heterocycles. The van der Waals surface area contributed by atoms with E-state index in [4.69, 9.17) is 4.74 Å². The minimum absolute atomic E-state index is 0.204. The highest BCUT2D eigenvalue weighted by Crippen LogP contribution is 2.27. The lowest BCUT2D eigenvalue weighted by Gasteiger charge is -2.21. The van der Waals surface area contributed by atoms with Crippen molar-refractivity contribution >= 4 is 0 Å². The molecule has 2 rings (SSSR count). The van der Waals surface area contributed by atoms with Crippen LogP contribution >= 0.6 is 0 Å². The van der Waals surface area contributed by atoms with Crippen molar-refractivity contribution in [1.82, 2.24) is 5.32 Å². The van der Waals surface area contributed by atoms with Gasteiger partial charge >= 0.3 is 0 Å². The molecule has 20 heavy (non-hydrogen) atoms. The van der Waals surface area contributed by atoms with Gasteiger partial charge in [-0.05, 0) is 49.2 Å². The van der Waals surface area contributed by atoms with E-state index in [1.54, 1.807) is 7.11 Å². The molecule has 2 heteroatoms. The van der Waals surface area contributed by atoms with E-state index in [9.17, 15) is 0 Å². The van der Waals surface area contributed by atoms with Crippen molar-refractivity contribution in [2.75, 3.05) is 13.7 Å². The van der Waals surface area contributed by atoms with Gasteiger partial charge in [-0.2, -0.15) is 0 Å². The first kappa shape index (κ1) is 14.6. The molecular formula is C18H23NO. The average Bonchev–Trinajstić information content (AvgIpc) is 2.45. The van der Waals surface area contributed by atoms with E-state index in [-0.39, 0.29) is 6.04 Å². The fourth-order valence-corrected chi connectivity index (χ4v) is 2.58. The monoisotopic (exact) mass is 269 g/mol. The number of rotatable bonds is 5. The van der Waals surface area contributed by atoms with Crippen molar-refractivity contribution in [1.29, 1.82) is 0 Å². The summed E-state index contributed by atoms with van der Waals surface area (Å²) in [5.41, 5.74) is 5.18. The lowest BCUT2D eigenvalue weighted by Crippen LogP contribution is -2.22. The molecule has 2 nitrogen and oxygen atoms in total. The molecule has 0 heterocycles. The van der Waals surface area contributed by atoms with Crippen LogP contribution in [-0.2, 0) is 0 Å². The fraction of sp³-hybridized carbons (Fsp3) is 0.333. The van der Waals surface area contributed by atoms with Gasteiger partial charge in [0.15, 0.2) is 0 Å². The van der Waals surface area contributed by atoms with Crippen LogP contribution in [0, 0.1) is 13.8 Å². The van der Waals surface area contributed by atoms with Crippen LogP contribution in [0.2, 0.25) is 0 Å². The van der Waals surface area contributed by atoms with Crippen LogP contribution in [0.4, 0.5) is 0 Å². The molecule has 1 N–H and O–H groups in total. The van der Waals surface area contributed by atoms with Crippen LogP contribution in [0.15, 0.2) is 42.5 Å². The van der Waals surface area contributed by atoms with Crippen molar-refractivity contribution in [2.45, 2.75) is 26.8 Å². The van der Waals surface area contributed by atoms with Crippen molar-refractivity contribution < 1.29 is 4.74 Å². The van der Waals surface area contributed by atoms with E-state index in [1.807, 2.05) is 12.1 Å². The third-order valence-electron chi connectivity index (χ3n) is 3.57. The first-order chi connectivity index (χ1) is 9.65. The van der Waals surface area contributed by atoms with Gasteiger partial charge in [-0.25, -0.2) is 0 Å². The molecule has 1 unspecified atom stereocenters. The predicted molar refractivity (Wildman–Crippen MR) is 84.4 cm³/mol. The molecule has 2 aromatic rings. The van der Waals surface area contributed by atoms with Crippen molar-refractivity contribution in [3.63, 3.8) is 0 Å². The Balaban J connectivity index is 2.44. The summed E-state index contributed by atoms with van der Waals surface area (Å²) in [7, 11) is 1.71. The third kappa shape index (κ3) is 3.20. The smallest absolute Gasteiger partial charge is 0.119 e. The van der Waals surface area contributed by atoms with Gasteiger partial charge in [0.25, 0.3) is 0 Å². The van der Waals surface area contributed by atoms with E-state index in [2.05, 4.69) is 56.4 Å². The van der Waals surface area contributed by atoms with E-state index in [1.165, 1.54) is 22.3 Å². The molecule has 0 fully saturated rings. The molecule has 0 aliphatic carbocycles.